The maximum Gasteiger partial charge on any atom is 0.268 e. The Balaban J connectivity index is 1.45. The number of aromatic nitrogens is 1. The molecule has 0 spiro atoms. The van der Waals surface area contributed by atoms with Crippen molar-refractivity contribution in [2.75, 3.05) is 5.32 Å². The van der Waals surface area contributed by atoms with Gasteiger partial charge in [0.2, 0.25) is 6.10 Å². The number of hydrogen-bond acceptors (Lipinski definition) is 4. The van der Waals surface area contributed by atoms with Crippen LogP contribution in [0.1, 0.15) is 12.0 Å². The van der Waals surface area contributed by atoms with Gasteiger partial charge in [0.15, 0.2) is 0 Å². The van der Waals surface area contributed by atoms with Gasteiger partial charge in [-0.15, -0.1) is 0 Å². The minimum absolute atomic E-state index is 0.288. The molecule has 0 aliphatic carbocycles. The molecule has 0 bridgehead atoms. The molecular formula is C19H14FN3O2. The first-order chi connectivity index (χ1) is 12.2. The van der Waals surface area contributed by atoms with Gasteiger partial charge in [-0.25, -0.2) is 4.39 Å². The number of benzene rings is 2. The van der Waals surface area contributed by atoms with E-state index in [2.05, 4.69) is 15.5 Å². The highest BCUT2D eigenvalue weighted by molar-refractivity contribution is 6.06. The number of pyridine rings is 1. The lowest BCUT2D eigenvalue weighted by atomic mass is 10.0. The van der Waals surface area contributed by atoms with Crippen LogP contribution >= 0.6 is 0 Å². The number of carbonyl (C=O) groups excluding carboxylic acids is 1. The van der Waals surface area contributed by atoms with Crippen LogP contribution in [-0.4, -0.2) is 22.7 Å². The smallest absolute Gasteiger partial charge is 0.268 e. The zero-order chi connectivity index (χ0) is 17.2. The fourth-order valence-electron chi connectivity index (χ4n) is 2.72. The van der Waals surface area contributed by atoms with Gasteiger partial charge in [0.25, 0.3) is 5.91 Å². The largest absolute Gasteiger partial charge is 0.382 e. The normalized spacial score (nSPS) is 16.4. The average Bonchev–Trinajstić information content (AvgIpc) is 3.12. The summed E-state index contributed by atoms with van der Waals surface area (Å²) >= 11 is 0. The second-order valence-corrected chi connectivity index (χ2v) is 5.75. The summed E-state index contributed by atoms with van der Waals surface area (Å²) in [5.74, 6) is -0.664. The third-order valence-corrected chi connectivity index (χ3v) is 3.98. The summed E-state index contributed by atoms with van der Waals surface area (Å²) in [5.41, 5.74) is 2.61. The van der Waals surface area contributed by atoms with Gasteiger partial charge in [0.05, 0.1) is 23.1 Å². The number of fused-ring (bicyclic) bond motifs is 1. The maximum absolute atomic E-state index is 13.3. The van der Waals surface area contributed by atoms with E-state index < -0.39 is 6.10 Å². The predicted octanol–water partition coefficient (Wildman–Crippen LogP) is 3.51. The molecule has 1 aliphatic heterocycles. The van der Waals surface area contributed by atoms with Gasteiger partial charge in [-0.1, -0.05) is 35.5 Å². The highest BCUT2D eigenvalue weighted by atomic mass is 19.1. The molecule has 0 radical (unpaired) electrons. The Morgan fingerprint density at radius 2 is 2.04 bits per heavy atom. The summed E-state index contributed by atoms with van der Waals surface area (Å²) in [6, 6.07) is 15.6. The molecule has 124 valence electrons. The third kappa shape index (κ3) is 3.19. The average molecular weight is 335 g/mol. The van der Waals surface area contributed by atoms with Gasteiger partial charge >= 0.3 is 0 Å². The standard InChI is InChI=1S/C19H14FN3O2/c20-14-6-3-5-12(8-14)17-10-18(25-23-17)19(24)22-15-9-13-4-1-2-7-16(13)21-11-15/h1-9,11,18H,10H2,(H,22,24). The number of hydrogen-bond donors (Lipinski definition) is 1. The molecule has 1 N–H and O–H groups in total. The predicted molar refractivity (Wildman–Crippen MR) is 92.8 cm³/mol. The lowest BCUT2D eigenvalue weighted by molar-refractivity contribution is -0.125. The monoisotopic (exact) mass is 335 g/mol. The van der Waals surface area contributed by atoms with Crippen molar-refractivity contribution in [1.82, 2.24) is 4.98 Å². The fourth-order valence-corrected chi connectivity index (χ4v) is 2.72. The van der Waals surface area contributed by atoms with E-state index in [1.807, 2.05) is 30.3 Å². The highest BCUT2D eigenvalue weighted by Crippen LogP contribution is 2.20. The molecule has 1 unspecified atom stereocenters. The van der Waals surface area contributed by atoms with Crippen molar-refractivity contribution in [1.29, 1.82) is 0 Å². The zero-order valence-corrected chi connectivity index (χ0v) is 13.1. The number of oxime groups is 1. The Morgan fingerprint density at radius 3 is 2.92 bits per heavy atom. The number of halogens is 1. The van der Waals surface area contributed by atoms with Gasteiger partial charge in [0, 0.05) is 17.4 Å². The molecule has 1 amide bonds. The molecule has 1 atom stereocenters. The summed E-state index contributed by atoms with van der Waals surface area (Å²) in [7, 11) is 0. The molecule has 6 heteroatoms. The quantitative estimate of drug-likeness (QED) is 0.797. The molecule has 5 nitrogen and oxygen atoms in total. The molecule has 3 aromatic rings. The topological polar surface area (TPSA) is 63.6 Å². The van der Waals surface area contributed by atoms with Gasteiger partial charge < -0.3 is 10.2 Å². The molecule has 1 aliphatic rings. The van der Waals surface area contributed by atoms with Crippen molar-refractivity contribution in [3.8, 4) is 0 Å². The number of para-hydroxylation sites is 1. The zero-order valence-electron chi connectivity index (χ0n) is 13.1. The maximum atomic E-state index is 13.3. The van der Waals surface area contributed by atoms with Crippen LogP contribution in [0.2, 0.25) is 0 Å². The minimum Gasteiger partial charge on any atom is -0.382 e. The van der Waals surface area contributed by atoms with Gasteiger partial charge in [-0.05, 0) is 24.3 Å². The molecule has 25 heavy (non-hydrogen) atoms. The van der Waals surface area contributed by atoms with E-state index >= 15 is 0 Å². The van der Waals surface area contributed by atoms with E-state index in [1.165, 1.54) is 12.1 Å². The lowest BCUT2D eigenvalue weighted by Gasteiger charge is -2.10. The number of rotatable bonds is 3. The minimum atomic E-state index is -0.746. The SMILES string of the molecule is O=C(Nc1cnc2ccccc2c1)C1CC(c2cccc(F)c2)=NO1. The Bertz CT molecular complexity index is 987. The third-order valence-electron chi connectivity index (χ3n) is 3.98. The Kier molecular flexibility index (Phi) is 3.85. The molecule has 2 aromatic carbocycles. The highest BCUT2D eigenvalue weighted by Gasteiger charge is 2.29. The number of anilines is 1. The van der Waals surface area contributed by atoms with E-state index in [4.69, 9.17) is 4.84 Å². The Hall–Kier alpha value is -3.28. The van der Waals surface area contributed by atoms with Crippen LogP contribution in [0.25, 0.3) is 10.9 Å². The first-order valence-corrected chi connectivity index (χ1v) is 7.83. The molecular weight excluding hydrogens is 321 g/mol. The summed E-state index contributed by atoms with van der Waals surface area (Å²) < 4.78 is 13.3. The summed E-state index contributed by atoms with van der Waals surface area (Å²) in [4.78, 5) is 21.9. The van der Waals surface area contributed by atoms with Crippen molar-refractivity contribution in [2.45, 2.75) is 12.5 Å². The van der Waals surface area contributed by atoms with Crippen molar-refractivity contribution in [3.05, 3.63) is 72.2 Å². The first kappa shape index (κ1) is 15.3. The summed E-state index contributed by atoms with van der Waals surface area (Å²) in [6.45, 7) is 0. The summed E-state index contributed by atoms with van der Waals surface area (Å²) in [6.07, 6.45) is 1.14. The summed E-state index contributed by atoms with van der Waals surface area (Å²) in [5, 5.41) is 7.63. The fraction of sp³-hybridized carbons (Fsp3) is 0.105. The van der Waals surface area contributed by atoms with Crippen LogP contribution in [0, 0.1) is 5.82 Å². The molecule has 0 saturated heterocycles. The lowest BCUT2D eigenvalue weighted by Crippen LogP contribution is -2.28. The van der Waals surface area contributed by atoms with Crippen molar-refractivity contribution in [2.24, 2.45) is 5.16 Å². The molecule has 4 rings (SSSR count). The van der Waals surface area contributed by atoms with Crippen LogP contribution < -0.4 is 5.32 Å². The van der Waals surface area contributed by atoms with Crippen LogP contribution in [0.15, 0.2) is 65.9 Å². The second-order valence-electron chi connectivity index (χ2n) is 5.75. The van der Waals surface area contributed by atoms with Crippen LogP contribution in [0.5, 0.6) is 0 Å². The van der Waals surface area contributed by atoms with Gasteiger partial charge in [-0.3, -0.25) is 9.78 Å². The van der Waals surface area contributed by atoms with Crippen molar-refractivity contribution in [3.63, 3.8) is 0 Å². The van der Waals surface area contributed by atoms with Crippen LogP contribution in [0.4, 0.5) is 10.1 Å². The second kappa shape index (κ2) is 6.32. The molecule has 1 aromatic heterocycles. The van der Waals surface area contributed by atoms with Gasteiger partial charge in [-0.2, -0.15) is 0 Å². The molecule has 0 fully saturated rings. The number of nitrogens with zero attached hydrogens (tertiary/aromatic N) is 2. The van der Waals surface area contributed by atoms with E-state index in [0.717, 1.165) is 10.9 Å². The Morgan fingerprint density at radius 1 is 1.16 bits per heavy atom. The number of amides is 1. The van der Waals surface area contributed by atoms with E-state index in [0.29, 0.717) is 17.0 Å². The van der Waals surface area contributed by atoms with Crippen molar-refractivity contribution < 1.29 is 14.0 Å². The van der Waals surface area contributed by atoms with Crippen LogP contribution in [-0.2, 0) is 9.63 Å². The molecule has 0 saturated carbocycles. The van der Waals surface area contributed by atoms with E-state index in [9.17, 15) is 9.18 Å². The first-order valence-electron chi connectivity index (χ1n) is 7.83. The van der Waals surface area contributed by atoms with Crippen molar-refractivity contribution >= 4 is 28.2 Å². The number of carbonyl (C=O) groups is 1. The van der Waals surface area contributed by atoms with Crippen LogP contribution in [0.3, 0.4) is 0 Å². The van der Waals surface area contributed by atoms with E-state index in [-0.39, 0.29) is 18.1 Å². The molecule has 2 heterocycles. The van der Waals surface area contributed by atoms with Gasteiger partial charge in [0.1, 0.15) is 5.82 Å². The van der Waals surface area contributed by atoms with E-state index in [1.54, 1.807) is 18.3 Å². The number of nitrogens with one attached hydrogen (secondary N) is 1. The Labute approximate surface area is 143 Å².